The van der Waals surface area contributed by atoms with Crippen LogP contribution in [0.4, 0.5) is 13.2 Å². The monoisotopic (exact) mass is 519 g/mol. The first-order chi connectivity index (χ1) is 17.1. The minimum atomic E-state index is -4.53. The Balaban J connectivity index is 1.39. The molecule has 7 nitrogen and oxygen atoms in total. The molecule has 3 heterocycles. The van der Waals surface area contributed by atoms with E-state index in [0.717, 1.165) is 6.07 Å². The van der Waals surface area contributed by atoms with Crippen LogP contribution in [-0.4, -0.2) is 43.4 Å². The molecule has 2 aliphatic rings. The highest BCUT2D eigenvalue weighted by atomic mass is 32.2. The number of hydrogen-bond acceptors (Lipinski definition) is 4. The molecule has 0 unspecified atom stereocenters. The molecule has 1 saturated heterocycles. The number of para-hydroxylation sites is 2. The van der Waals surface area contributed by atoms with Crippen molar-refractivity contribution < 1.29 is 31.1 Å². The molecular weight excluding hydrogens is 495 g/mol. The van der Waals surface area contributed by atoms with Crippen LogP contribution in [0.3, 0.4) is 0 Å². The summed E-state index contributed by atoms with van der Waals surface area (Å²) in [7, 11) is -3.63. The molecule has 2 aliphatic heterocycles. The number of sulfonamides is 1. The van der Waals surface area contributed by atoms with E-state index in [9.17, 15) is 26.4 Å². The summed E-state index contributed by atoms with van der Waals surface area (Å²) in [5.41, 5.74) is -0.684. The lowest BCUT2D eigenvalue weighted by atomic mass is 9.86. The van der Waals surface area contributed by atoms with Crippen molar-refractivity contribution in [3.05, 3.63) is 77.6 Å². The van der Waals surface area contributed by atoms with Crippen LogP contribution in [0.25, 0.3) is 5.69 Å². The lowest BCUT2D eigenvalue weighted by molar-refractivity contribution is -0.143. The van der Waals surface area contributed by atoms with Gasteiger partial charge in [0.25, 0.3) is 5.91 Å². The highest BCUT2D eigenvalue weighted by molar-refractivity contribution is 7.89. The number of fused-ring (bicyclic) bond motifs is 4. The van der Waals surface area contributed by atoms with Crippen LogP contribution in [0, 0.1) is 0 Å². The van der Waals surface area contributed by atoms with Crippen LogP contribution >= 0.6 is 0 Å². The number of aromatic nitrogens is 1. The van der Waals surface area contributed by atoms with Crippen molar-refractivity contribution in [3.8, 4) is 11.4 Å². The Morgan fingerprint density at radius 2 is 1.69 bits per heavy atom. The molecule has 1 fully saturated rings. The van der Waals surface area contributed by atoms with E-state index in [4.69, 9.17) is 4.74 Å². The number of rotatable bonds is 4. The van der Waals surface area contributed by atoms with Crippen molar-refractivity contribution in [2.45, 2.75) is 36.4 Å². The average Bonchev–Trinajstić information content (AvgIpc) is 3.32. The second kappa shape index (κ2) is 8.67. The molecule has 1 amide bonds. The number of benzene rings is 2. The zero-order valence-corrected chi connectivity index (χ0v) is 20.2. The number of nitrogens with one attached hydrogen (secondary N) is 1. The summed E-state index contributed by atoms with van der Waals surface area (Å²) >= 11 is 0. The van der Waals surface area contributed by atoms with Gasteiger partial charge in [-0.1, -0.05) is 19.1 Å². The van der Waals surface area contributed by atoms with Gasteiger partial charge in [-0.2, -0.15) is 13.2 Å². The zero-order valence-electron chi connectivity index (χ0n) is 19.4. The van der Waals surface area contributed by atoms with Gasteiger partial charge in [0.1, 0.15) is 11.4 Å². The summed E-state index contributed by atoms with van der Waals surface area (Å²) in [4.78, 5) is 14.8. The summed E-state index contributed by atoms with van der Waals surface area (Å²) in [6, 6.07) is 14.8. The molecule has 1 spiro atoms. The molecule has 0 aliphatic carbocycles. The third-order valence-electron chi connectivity index (χ3n) is 6.65. The number of nitrogens with zero attached hydrogens (tertiary/aromatic N) is 2. The number of ether oxygens (including phenoxy) is 1. The first kappa shape index (κ1) is 24.4. The van der Waals surface area contributed by atoms with Crippen LogP contribution in [0.5, 0.6) is 5.75 Å². The second-order valence-electron chi connectivity index (χ2n) is 8.82. The van der Waals surface area contributed by atoms with Gasteiger partial charge in [-0.05, 0) is 48.5 Å². The van der Waals surface area contributed by atoms with E-state index >= 15 is 0 Å². The van der Waals surface area contributed by atoms with Gasteiger partial charge < -0.3 is 14.2 Å². The Labute approximate surface area is 206 Å². The van der Waals surface area contributed by atoms with Gasteiger partial charge in [-0.3, -0.25) is 4.79 Å². The number of piperidine rings is 1. The predicted molar refractivity (Wildman–Crippen MR) is 126 cm³/mol. The zero-order chi connectivity index (χ0) is 25.7. The minimum Gasteiger partial charge on any atom is -0.479 e. The lowest BCUT2D eigenvalue weighted by Gasteiger charge is -2.45. The van der Waals surface area contributed by atoms with Gasteiger partial charge in [-0.15, -0.1) is 0 Å². The minimum absolute atomic E-state index is 0.0639. The Morgan fingerprint density at radius 1 is 1.03 bits per heavy atom. The van der Waals surface area contributed by atoms with Crippen molar-refractivity contribution in [2.24, 2.45) is 0 Å². The smallest absolute Gasteiger partial charge is 0.431 e. The number of likely N-dealkylation sites (tertiary alicyclic amines) is 1. The molecule has 190 valence electrons. The molecule has 0 saturated carbocycles. The number of carbonyl (C=O) groups excluding carboxylic acids is 1. The maximum Gasteiger partial charge on any atom is 0.431 e. The molecule has 2 aromatic carbocycles. The van der Waals surface area contributed by atoms with Crippen molar-refractivity contribution in [1.82, 2.24) is 14.2 Å². The standard InChI is InChI=1S/C25H24F3N3O4S/c1-2-29-36(33,34)18-9-7-17(8-10-18)23(32)30-15-13-24(14-16-30)21-11-12-22(25(26,27)28)31(21)19-5-3-4-6-20(19)35-24/h3-12,29H,2,13-16H2,1H3. The molecule has 3 aromatic rings. The summed E-state index contributed by atoms with van der Waals surface area (Å²) in [6.07, 6.45) is -3.92. The summed E-state index contributed by atoms with van der Waals surface area (Å²) in [5, 5.41) is 0. The number of hydrogen-bond donors (Lipinski definition) is 1. The Hall–Kier alpha value is -3.31. The van der Waals surface area contributed by atoms with Crippen molar-refractivity contribution >= 4 is 15.9 Å². The highest BCUT2D eigenvalue weighted by Gasteiger charge is 2.48. The fraction of sp³-hybridized carbons (Fsp3) is 0.320. The van der Waals surface area contributed by atoms with E-state index in [-0.39, 0.29) is 30.4 Å². The molecule has 0 bridgehead atoms. The van der Waals surface area contributed by atoms with E-state index < -0.39 is 27.5 Å². The van der Waals surface area contributed by atoms with Crippen molar-refractivity contribution in [3.63, 3.8) is 0 Å². The fourth-order valence-electron chi connectivity index (χ4n) is 4.93. The van der Waals surface area contributed by atoms with E-state index in [0.29, 0.717) is 35.5 Å². The summed E-state index contributed by atoms with van der Waals surface area (Å²) in [6.45, 7) is 2.46. The van der Waals surface area contributed by atoms with Gasteiger partial charge in [0.2, 0.25) is 10.0 Å². The maximum absolute atomic E-state index is 13.8. The highest BCUT2D eigenvalue weighted by Crippen LogP contribution is 2.48. The average molecular weight is 520 g/mol. The van der Waals surface area contributed by atoms with E-state index in [1.807, 2.05) is 0 Å². The van der Waals surface area contributed by atoms with Gasteiger partial charge in [-0.25, -0.2) is 13.1 Å². The van der Waals surface area contributed by atoms with Gasteiger partial charge in [0.15, 0.2) is 5.60 Å². The van der Waals surface area contributed by atoms with Gasteiger partial charge in [0, 0.05) is 38.0 Å². The first-order valence-corrected chi connectivity index (χ1v) is 13.0. The van der Waals surface area contributed by atoms with Crippen molar-refractivity contribution in [2.75, 3.05) is 19.6 Å². The third-order valence-corrected chi connectivity index (χ3v) is 8.22. The molecule has 5 rings (SSSR count). The summed E-state index contributed by atoms with van der Waals surface area (Å²) in [5.74, 6) is 0.0868. The van der Waals surface area contributed by atoms with Crippen molar-refractivity contribution in [1.29, 1.82) is 0 Å². The SMILES string of the molecule is CCNS(=O)(=O)c1ccc(C(=O)N2CCC3(CC2)Oc2ccccc2-n2c(C(F)(F)F)ccc23)cc1. The molecule has 1 aromatic heterocycles. The Bertz CT molecular complexity index is 1410. The number of carbonyl (C=O) groups is 1. The molecular formula is C25H24F3N3O4S. The van der Waals surface area contributed by atoms with E-state index in [1.165, 1.54) is 34.9 Å². The Kier molecular flexibility index (Phi) is 5.87. The molecule has 0 atom stereocenters. The number of alkyl halides is 3. The quantitative estimate of drug-likeness (QED) is 0.557. The normalized spacial score (nSPS) is 16.8. The van der Waals surface area contributed by atoms with Crippen LogP contribution in [0.2, 0.25) is 0 Å². The molecule has 0 radical (unpaired) electrons. The molecule has 36 heavy (non-hydrogen) atoms. The number of amides is 1. The largest absolute Gasteiger partial charge is 0.479 e. The fourth-order valence-corrected chi connectivity index (χ4v) is 5.97. The van der Waals surface area contributed by atoms with E-state index in [1.54, 1.807) is 36.1 Å². The van der Waals surface area contributed by atoms with Crippen LogP contribution in [-0.2, 0) is 21.8 Å². The van der Waals surface area contributed by atoms with Crippen LogP contribution in [0.15, 0.2) is 65.6 Å². The first-order valence-electron chi connectivity index (χ1n) is 11.5. The van der Waals surface area contributed by atoms with E-state index in [2.05, 4.69) is 4.72 Å². The Morgan fingerprint density at radius 3 is 2.33 bits per heavy atom. The maximum atomic E-state index is 13.8. The third kappa shape index (κ3) is 4.05. The molecule has 1 N–H and O–H groups in total. The molecule has 11 heteroatoms. The topological polar surface area (TPSA) is 80.6 Å². The predicted octanol–water partition coefficient (Wildman–Crippen LogP) is 4.32. The van der Waals surface area contributed by atoms with Crippen LogP contribution < -0.4 is 9.46 Å². The van der Waals surface area contributed by atoms with Crippen LogP contribution in [0.1, 0.15) is 41.5 Å². The number of halogens is 3. The lowest BCUT2D eigenvalue weighted by Crippen LogP contribution is -2.50. The van der Waals surface area contributed by atoms with Gasteiger partial charge >= 0.3 is 6.18 Å². The van der Waals surface area contributed by atoms with Gasteiger partial charge in [0.05, 0.1) is 16.3 Å². The summed E-state index contributed by atoms with van der Waals surface area (Å²) < 4.78 is 75.6. The second-order valence-corrected chi connectivity index (χ2v) is 10.6.